The number of carboxylic acids is 1. The fourth-order valence-corrected chi connectivity index (χ4v) is 3.49. The van der Waals surface area contributed by atoms with Gasteiger partial charge in [0, 0.05) is 24.9 Å². The third-order valence-electron chi connectivity index (χ3n) is 5.08. The lowest BCUT2D eigenvalue weighted by Gasteiger charge is -2.18. The summed E-state index contributed by atoms with van der Waals surface area (Å²) >= 11 is 0. The molecule has 1 unspecified atom stereocenters. The molecule has 0 aliphatic carbocycles. The standard InChI is InChI=1S/C12H24O2.C10H14N2/c1-2-3-4-5-6-7-8-9-10-11-12(13)14;1-12-7-3-5-10(12)9-4-2-6-11-8-9/h2-11H2,1H3,(H,13,14);2,4,6,8,10H,3,5,7H2,1H3. The number of likely N-dealkylation sites (tertiary alicyclic amines) is 1. The van der Waals surface area contributed by atoms with Crippen LogP contribution in [0, 0.1) is 0 Å². The van der Waals surface area contributed by atoms with Crippen LogP contribution in [0.25, 0.3) is 0 Å². The summed E-state index contributed by atoms with van der Waals surface area (Å²) in [5, 5.41) is 8.41. The topological polar surface area (TPSA) is 53.4 Å². The third kappa shape index (κ3) is 10.5. The largest absolute Gasteiger partial charge is 0.481 e. The number of carboxylic acid groups (broad SMARTS) is 1. The van der Waals surface area contributed by atoms with Crippen LogP contribution < -0.4 is 0 Å². The first kappa shape index (κ1) is 22.6. The van der Waals surface area contributed by atoms with Gasteiger partial charge in [-0.1, -0.05) is 64.4 Å². The number of rotatable bonds is 11. The fraction of sp³-hybridized carbons (Fsp3) is 0.727. The maximum atomic E-state index is 10.2. The van der Waals surface area contributed by atoms with Crippen LogP contribution in [0.5, 0.6) is 0 Å². The molecule has 1 aliphatic heterocycles. The molecule has 0 radical (unpaired) electrons. The molecule has 0 amide bonds. The first-order valence-electron chi connectivity index (χ1n) is 10.5. The molecule has 0 aromatic carbocycles. The Hall–Kier alpha value is -1.42. The Morgan fingerprint density at radius 2 is 1.81 bits per heavy atom. The summed E-state index contributed by atoms with van der Waals surface area (Å²) in [4.78, 5) is 16.7. The Morgan fingerprint density at radius 3 is 2.31 bits per heavy atom. The maximum Gasteiger partial charge on any atom is 0.303 e. The van der Waals surface area contributed by atoms with Crippen LogP contribution in [-0.4, -0.2) is 34.6 Å². The van der Waals surface area contributed by atoms with Crippen molar-refractivity contribution in [1.29, 1.82) is 0 Å². The number of nitrogens with zero attached hydrogens (tertiary/aromatic N) is 2. The summed E-state index contributed by atoms with van der Waals surface area (Å²) in [5.41, 5.74) is 1.36. The lowest BCUT2D eigenvalue weighted by molar-refractivity contribution is -0.137. The molecule has 4 heteroatoms. The van der Waals surface area contributed by atoms with Gasteiger partial charge in [0.1, 0.15) is 0 Å². The van der Waals surface area contributed by atoms with Gasteiger partial charge in [0.25, 0.3) is 0 Å². The van der Waals surface area contributed by atoms with Gasteiger partial charge in [-0.05, 0) is 44.5 Å². The van der Waals surface area contributed by atoms with Crippen LogP contribution in [0.1, 0.15) is 95.6 Å². The van der Waals surface area contributed by atoms with Crippen molar-refractivity contribution in [3.63, 3.8) is 0 Å². The van der Waals surface area contributed by atoms with Crippen molar-refractivity contribution in [1.82, 2.24) is 9.88 Å². The average Bonchev–Trinajstić information content (AvgIpc) is 3.07. The second kappa shape index (κ2) is 14.7. The molecule has 1 saturated heterocycles. The minimum atomic E-state index is -0.659. The number of carbonyl (C=O) groups is 1. The molecule has 26 heavy (non-hydrogen) atoms. The van der Waals surface area contributed by atoms with E-state index in [1.54, 1.807) is 0 Å². The zero-order chi connectivity index (χ0) is 19.0. The first-order chi connectivity index (χ1) is 12.6. The molecular formula is C22H38N2O2. The minimum Gasteiger partial charge on any atom is -0.481 e. The molecule has 2 heterocycles. The predicted octanol–water partition coefficient (Wildman–Crippen LogP) is 5.84. The minimum absolute atomic E-state index is 0.343. The van der Waals surface area contributed by atoms with Gasteiger partial charge in [0.15, 0.2) is 0 Å². The molecule has 2 rings (SSSR count). The monoisotopic (exact) mass is 362 g/mol. The summed E-state index contributed by atoms with van der Waals surface area (Å²) < 4.78 is 0. The molecule has 148 valence electrons. The highest BCUT2D eigenvalue weighted by molar-refractivity contribution is 5.66. The number of pyridine rings is 1. The smallest absolute Gasteiger partial charge is 0.303 e. The highest BCUT2D eigenvalue weighted by Gasteiger charge is 2.21. The summed E-state index contributed by atoms with van der Waals surface area (Å²) in [7, 11) is 2.19. The zero-order valence-corrected chi connectivity index (χ0v) is 16.8. The Morgan fingerprint density at radius 1 is 1.15 bits per heavy atom. The Balaban J connectivity index is 0.000000262. The van der Waals surface area contributed by atoms with Gasteiger partial charge in [-0.25, -0.2) is 0 Å². The van der Waals surface area contributed by atoms with E-state index in [0.717, 1.165) is 12.8 Å². The van der Waals surface area contributed by atoms with Gasteiger partial charge >= 0.3 is 5.97 Å². The first-order valence-corrected chi connectivity index (χ1v) is 10.5. The molecule has 1 fully saturated rings. The van der Waals surface area contributed by atoms with Crippen molar-refractivity contribution >= 4 is 5.97 Å². The SMILES string of the molecule is CCCCCCCCCCCC(=O)O.CN1CCCC1c1cccnc1. The summed E-state index contributed by atoms with van der Waals surface area (Å²) in [6, 6.07) is 4.79. The lowest BCUT2D eigenvalue weighted by atomic mass is 10.1. The molecule has 0 spiro atoms. The molecule has 4 nitrogen and oxygen atoms in total. The molecule has 1 aliphatic rings. The fourth-order valence-electron chi connectivity index (χ4n) is 3.49. The second-order valence-corrected chi connectivity index (χ2v) is 7.40. The third-order valence-corrected chi connectivity index (χ3v) is 5.08. The van der Waals surface area contributed by atoms with Crippen LogP contribution in [0.2, 0.25) is 0 Å². The van der Waals surface area contributed by atoms with E-state index in [1.165, 1.54) is 69.9 Å². The van der Waals surface area contributed by atoms with Gasteiger partial charge in [-0.15, -0.1) is 0 Å². The number of aromatic nitrogens is 1. The maximum absolute atomic E-state index is 10.2. The van der Waals surface area contributed by atoms with E-state index in [0.29, 0.717) is 12.5 Å². The van der Waals surface area contributed by atoms with Crippen molar-refractivity contribution in [2.75, 3.05) is 13.6 Å². The Bertz CT molecular complexity index is 464. The van der Waals surface area contributed by atoms with E-state index >= 15 is 0 Å². The van der Waals surface area contributed by atoms with Crippen molar-refractivity contribution < 1.29 is 9.90 Å². The zero-order valence-electron chi connectivity index (χ0n) is 16.8. The van der Waals surface area contributed by atoms with E-state index < -0.39 is 5.97 Å². The lowest BCUT2D eigenvalue weighted by Crippen LogP contribution is -2.17. The second-order valence-electron chi connectivity index (χ2n) is 7.40. The summed E-state index contributed by atoms with van der Waals surface area (Å²) in [6.07, 6.45) is 17.9. The van der Waals surface area contributed by atoms with Gasteiger partial charge in [-0.2, -0.15) is 0 Å². The van der Waals surface area contributed by atoms with E-state index in [-0.39, 0.29) is 0 Å². The number of unbranched alkanes of at least 4 members (excludes halogenated alkanes) is 8. The molecule has 1 atom stereocenters. The highest BCUT2D eigenvalue weighted by atomic mass is 16.4. The van der Waals surface area contributed by atoms with Gasteiger partial charge in [0.05, 0.1) is 0 Å². The number of hydrogen-bond donors (Lipinski definition) is 1. The highest BCUT2D eigenvalue weighted by Crippen LogP contribution is 2.29. The summed E-state index contributed by atoms with van der Waals surface area (Å²) in [6.45, 7) is 3.45. The molecule has 1 aromatic rings. The van der Waals surface area contributed by atoms with E-state index in [9.17, 15) is 4.79 Å². The van der Waals surface area contributed by atoms with Crippen molar-refractivity contribution in [3.05, 3.63) is 30.1 Å². The number of hydrogen-bond acceptors (Lipinski definition) is 3. The predicted molar refractivity (Wildman–Crippen MR) is 108 cm³/mol. The van der Waals surface area contributed by atoms with Gasteiger partial charge < -0.3 is 5.11 Å². The van der Waals surface area contributed by atoms with Crippen LogP contribution in [0.15, 0.2) is 24.5 Å². The molecule has 1 N–H and O–H groups in total. The molecule has 0 bridgehead atoms. The Kier molecular flexibility index (Phi) is 12.8. The van der Waals surface area contributed by atoms with Crippen LogP contribution >= 0.6 is 0 Å². The summed E-state index contributed by atoms with van der Waals surface area (Å²) in [5.74, 6) is -0.659. The van der Waals surface area contributed by atoms with Crippen molar-refractivity contribution in [2.24, 2.45) is 0 Å². The quantitative estimate of drug-likeness (QED) is 0.502. The van der Waals surface area contributed by atoms with E-state index in [1.807, 2.05) is 18.5 Å². The normalized spacial score (nSPS) is 16.9. The van der Waals surface area contributed by atoms with Crippen LogP contribution in [0.4, 0.5) is 0 Å². The van der Waals surface area contributed by atoms with Crippen molar-refractivity contribution in [2.45, 2.75) is 90.0 Å². The average molecular weight is 363 g/mol. The van der Waals surface area contributed by atoms with Crippen LogP contribution in [0.3, 0.4) is 0 Å². The molecule has 1 aromatic heterocycles. The van der Waals surface area contributed by atoms with E-state index in [2.05, 4.69) is 29.9 Å². The molecule has 0 saturated carbocycles. The van der Waals surface area contributed by atoms with Gasteiger partial charge in [-0.3, -0.25) is 14.7 Å². The van der Waals surface area contributed by atoms with Crippen molar-refractivity contribution in [3.8, 4) is 0 Å². The van der Waals surface area contributed by atoms with Crippen LogP contribution in [-0.2, 0) is 4.79 Å². The Labute approximate surface area is 160 Å². The van der Waals surface area contributed by atoms with E-state index in [4.69, 9.17) is 5.11 Å². The molecular weight excluding hydrogens is 324 g/mol. The number of aliphatic carboxylic acids is 1. The van der Waals surface area contributed by atoms with Gasteiger partial charge in [0.2, 0.25) is 0 Å².